The molecule has 72 valence electrons. The van der Waals surface area contributed by atoms with Crippen LogP contribution in [-0.4, -0.2) is 25.9 Å². The zero-order valence-electron chi connectivity index (χ0n) is 6.97. The van der Waals surface area contributed by atoms with E-state index in [1.165, 1.54) is 24.3 Å². The normalized spacial score (nSPS) is 11.5. The average molecular weight is 201 g/mol. The number of rotatable bonds is 3. The molecular formula is C8H11NO3S. The van der Waals surface area contributed by atoms with Crippen molar-refractivity contribution >= 4 is 15.5 Å². The highest BCUT2D eigenvalue weighted by atomic mass is 32.2. The summed E-state index contributed by atoms with van der Waals surface area (Å²) in [6.45, 7) is -0.368. The van der Waals surface area contributed by atoms with Crippen LogP contribution >= 0.6 is 0 Å². The lowest BCUT2D eigenvalue weighted by Crippen LogP contribution is -2.09. The molecule has 5 heteroatoms. The van der Waals surface area contributed by atoms with Crippen LogP contribution in [-0.2, 0) is 9.84 Å². The molecule has 0 unspecified atom stereocenters. The Balaban J connectivity index is 3.02. The van der Waals surface area contributed by atoms with Gasteiger partial charge in [-0.15, -0.1) is 0 Å². The highest BCUT2D eigenvalue weighted by Crippen LogP contribution is 2.12. The zero-order valence-corrected chi connectivity index (χ0v) is 7.79. The maximum atomic E-state index is 11.3. The summed E-state index contributed by atoms with van der Waals surface area (Å²) in [5.41, 5.74) is 5.92. The maximum absolute atomic E-state index is 11.3. The van der Waals surface area contributed by atoms with Crippen molar-refractivity contribution in [3.8, 4) is 0 Å². The smallest absolute Gasteiger partial charge is 0.180 e. The molecule has 1 aromatic rings. The molecule has 0 aliphatic rings. The number of aliphatic hydroxyl groups is 1. The Morgan fingerprint density at radius 1 is 1.23 bits per heavy atom. The Labute approximate surface area is 76.9 Å². The first-order valence-corrected chi connectivity index (χ1v) is 5.40. The van der Waals surface area contributed by atoms with Gasteiger partial charge in [0, 0.05) is 5.69 Å². The van der Waals surface area contributed by atoms with Gasteiger partial charge in [0.1, 0.15) is 0 Å². The van der Waals surface area contributed by atoms with E-state index in [0.29, 0.717) is 5.69 Å². The van der Waals surface area contributed by atoms with Gasteiger partial charge in [0.2, 0.25) is 0 Å². The van der Waals surface area contributed by atoms with E-state index in [0.717, 1.165) is 0 Å². The van der Waals surface area contributed by atoms with Gasteiger partial charge in [0.15, 0.2) is 9.84 Å². The number of nitrogens with two attached hydrogens (primary N) is 1. The van der Waals surface area contributed by atoms with Crippen LogP contribution in [0.25, 0.3) is 0 Å². The lowest BCUT2D eigenvalue weighted by Gasteiger charge is -2.01. The second-order valence-corrected chi connectivity index (χ2v) is 4.72. The summed E-state index contributed by atoms with van der Waals surface area (Å²) in [4.78, 5) is 0.191. The number of hydrogen-bond acceptors (Lipinski definition) is 4. The standard InChI is InChI=1S/C8H11NO3S/c9-7-1-3-8(4-2-7)13(11,12)6-5-10/h1-4,10H,5-6,9H2. The Bertz CT molecular complexity index is 369. The minimum absolute atomic E-state index is 0.191. The Hall–Kier alpha value is -1.07. The summed E-state index contributed by atoms with van der Waals surface area (Å²) in [6.07, 6.45) is 0. The molecule has 0 heterocycles. The molecule has 1 rings (SSSR count). The summed E-state index contributed by atoms with van der Waals surface area (Å²) in [5, 5.41) is 8.51. The van der Waals surface area contributed by atoms with Crippen LogP contribution < -0.4 is 5.73 Å². The third kappa shape index (κ3) is 2.43. The average Bonchev–Trinajstić information content (AvgIpc) is 2.05. The van der Waals surface area contributed by atoms with Gasteiger partial charge in [0.25, 0.3) is 0 Å². The Morgan fingerprint density at radius 3 is 2.23 bits per heavy atom. The van der Waals surface area contributed by atoms with Crippen molar-refractivity contribution in [3.05, 3.63) is 24.3 Å². The zero-order chi connectivity index (χ0) is 9.90. The third-order valence-corrected chi connectivity index (χ3v) is 3.31. The summed E-state index contributed by atoms with van der Waals surface area (Å²) < 4.78 is 22.7. The van der Waals surface area contributed by atoms with Gasteiger partial charge in [-0.05, 0) is 24.3 Å². The Kier molecular flexibility index (Phi) is 2.90. The number of hydrogen-bond donors (Lipinski definition) is 2. The molecule has 0 aliphatic heterocycles. The van der Waals surface area contributed by atoms with Gasteiger partial charge in [0.05, 0.1) is 17.3 Å². The van der Waals surface area contributed by atoms with E-state index in [4.69, 9.17) is 10.8 Å². The fraction of sp³-hybridized carbons (Fsp3) is 0.250. The van der Waals surface area contributed by atoms with Gasteiger partial charge < -0.3 is 10.8 Å². The van der Waals surface area contributed by atoms with E-state index in [9.17, 15) is 8.42 Å². The van der Waals surface area contributed by atoms with E-state index < -0.39 is 9.84 Å². The maximum Gasteiger partial charge on any atom is 0.180 e. The van der Waals surface area contributed by atoms with E-state index >= 15 is 0 Å². The minimum Gasteiger partial charge on any atom is -0.399 e. The van der Waals surface area contributed by atoms with Gasteiger partial charge in [-0.2, -0.15) is 0 Å². The van der Waals surface area contributed by atoms with Crippen molar-refractivity contribution in [1.29, 1.82) is 0 Å². The molecule has 1 aromatic carbocycles. The lowest BCUT2D eigenvalue weighted by molar-refractivity contribution is 0.319. The van der Waals surface area contributed by atoms with Crippen LogP contribution in [0.3, 0.4) is 0 Å². The number of nitrogen functional groups attached to an aromatic ring is 1. The quantitative estimate of drug-likeness (QED) is 0.676. The Morgan fingerprint density at radius 2 is 1.77 bits per heavy atom. The number of sulfone groups is 1. The molecule has 0 bridgehead atoms. The first-order valence-electron chi connectivity index (χ1n) is 3.75. The van der Waals surface area contributed by atoms with E-state index in [-0.39, 0.29) is 17.3 Å². The first kappa shape index (κ1) is 10.0. The van der Waals surface area contributed by atoms with E-state index in [1.807, 2.05) is 0 Å². The fourth-order valence-electron chi connectivity index (χ4n) is 0.913. The van der Waals surface area contributed by atoms with Crippen molar-refractivity contribution in [2.24, 2.45) is 0 Å². The highest BCUT2D eigenvalue weighted by molar-refractivity contribution is 7.91. The second kappa shape index (κ2) is 3.76. The van der Waals surface area contributed by atoms with Gasteiger partial charge >= 0.3 is 0 Å². The van der Waals surface area contributed by atoms with Crippen molar-refractivity contribution < 1.29 is 13.5 Å². The van der Waals surface area contributed by atoms with Crippen molar-refractivity contribution in [2.75, 3.05) is 18.1 Å². The summed E-state index contributed by atoms with van der Waals surface area (Å²) >= 11 is 0. The molecular weight excluding hydrogens is 190 g/mol. The van der Waals surface area contributed by atoms with E-state index in [1.54, 1.807) is 0 Å². The van der Waals surface area contributed by atoms with Crippen LogP contribution in [0.15, 0.2) is 29.2 Å². The first-order chi connectivity index (χ1) is 6.06. The molecule has 0 saturated carbocycles. The van der Waals surface area contributed by atoms with Crippen LogP contribution in [0.2, 0.25) is 0 Å². The summed E-state index contributed by atoms with van der Waals surface area (Å²) in [5.74, 6) is -0.253. The molecule has 0 aromatic heterocycles. The van der Waals surface area contributed by atoms with Crippen molar-refractivity contribution in [3.63, 3.8) is 0 Å². The molecule has 13 heavy (non-hydrogen) atoms. The van der Waals surface area contributed by atoms with Crippen LogP contribution in [0.5, 0.6) is 0 Å². The molecule has 0 aliphatic carbocycles. The second-order valence-electron chi connectivity index (χ2n) is 2.61. The molecule has 0 atom stereocenters. The topological polar surface area (TPSA) is 80.4 Å². The summed E-state index contributed by atoms with van der Waals surface area (Å²) in [7, 11) is -3.33. The predicted molar refractivity (Wildman–Crippen MR) is 50.0 cm³/mol. The minimum atomic E-state index is -3.33. The highest BCUT2D eigenvalue weighted by Gasteiger charge is 2.12. The number of benzene rings is 1. The SMILES string of the molecule is Nc1ccc(S(=O)(=O)CCO)cc1. The number of aliphatic hydroxyl groups excluding tert-OH is 1. The molecule has 4 nitrogen and oxygen atoms in total. The largest absolute Gasteiger partial charge is 0.399 e. The summed E-state index contributed by atoms with van der Waals surface area (Å²) in [6, 6.07) is 5.90. The monoisotopic (exact) mass is 201 g/mol. The molecule has 0 radical (unpaired) electrons. The van der Waals surface area contributed by atoms with Gasteiger partial charge in [-0.3, -0.25) is 0 Å². The third-order valence-electron chi connectivity index (χ3n) is 1.60. The molecule has 3 N–H and O–H groups in total. The predicted octanol–water partition coefficient (Wildman–Crippen LogP) is 0.0348. The molecule has 0 spiro atoms. The molecule has 0 amide bonds. The van der Waals surface area contributed by atoms with Gasteiger partial charge in [-0.25, -0.2) is 8.42 Å². The molecule has 0 saturated heterocycles. The molecule has 0 fully saturated rings. The van der Waals surface area contributed by atoms with Gasteiger partial charge in [-0.1, -0.05) is 0 Å². The van der Waals surface area contributed by atoms with Crippen molar-refractivity contribution in [1.82, 2.24) is 0 Å². The number of anilines is 1. The van der Waals surface area contributed by atoms with Crippen LogP contribution in [0.4, 0.5) is 5.69 Å². The van der Waals surface area contributed by atoms with E-state index in [2.05, 4.69) is 0 Å². The van der Waals surface area contributed by atoms with Crippen molar-refractivity contribution in [2.45, 2.75) is 4.90 Å². The fourth-order valence-corrected chi connectivity index (χ4v) is 1.94. The van der Waals surface area contributed by atoms with Crippen LogP contribution in [0.1, 0.15) is 0 Å². The lowest BCUT2D eigenvalue weighted by atomic mass is 10.3. The van der Waals surface area contributed by atoms with Crippen LogP contribution in [0, 0.1) is 0 Å².